The molecule has 0 fully saturated rings. The number of carbonyl (C=O) groups is 1. The van der Waals surface area contributed by atoms with Crippen LogP contribution in [0.25, 0.3) is 11.0 Å². The summed E-state index contributed by atoms with van der Waals surface area (Å²) in [5, 5.41) is 0.370. The highest BCUT2D eigenvalue weighted by molar-refractivity contribution is 9.10. The number of amides is 1. The first-order chi connectivity index (χ1) is 18.0. The Balaban J connectivity index is 1.44. The summed E-state index contributed by atoms with van der Waals surface area (Å²) in [6.07, 6.45) is 0. The summed E-state index contributed by atoms with van der Waals surface area (Å²) < 4.78 is 26.3. The van der Waals surface area contributed by atoms with Crippen molar-refractivity contribution in [3.05, 3.63) is 140 Å². The minimum absolute atomic E-state index is 0.0152. The molecule has 4 aromatic carbocycles. The normalized spacial score (nSPS) is 14.7. The van der Waals surface area contributed by atoms with Crippen LogP contribution < -0.4 is 15.1 Å². The number of rotatable bonds is 5. The van der Waals surface area contributed by atoms with E-state index in [4.69, 9.17) is 9.15 Å². The summed E-state index contributed by atoms with van der Waals surface area (Å²) in [6, 6.07) is 27.0. The van der Waals surface area contributed by atoms with Crippen LogP contribution >= 0.6 is 15.9 Å². The average molecular weight is 556 g/mol. The quantitative estimate of drug-likeness (QED) is 0.234. The highest BCUT2D eigenvalue weighted by atomic mass is 79.9. The summed E-state index contributed by atoms with van der Waals surface area (Å²) in [5.41, 5.74) is 2.48. The number of ether oxygens (including phenoxy) is 1. The number of halogens is 2. The Hall–Kier alpha value is -4.23. The van der Waals surface area contributed by atoms with Gasteiger partial charge >= 0.3 is 0 Å². The number of benzene rings is 4. The molecule has 7 heteroatoms. The minimum atomic E-state index is -0.754. The zero-order valence-corrected chi connectivity index (χ0v) is 20.9. The molecule has 1 atom stereocenters. The van der Waals surface area contributed by atoms with E-state index < -0.39 is 17.8 Å². The van der Waals surface area contributed by atoms with E-state index in [2.05, 4.69) is 15.9 Å². The van der Waals surface area contributed by atoms with E-state index >= 15 is 0 Å². The molecule has 6 rings (SSSR count). The molecular formula is C30H19BrFNO4. The molecule has 37 heavy (non-hydrogen) atoms. The van der Waals surface area contributed by atoms with Gasteiger partial charge in [0.2, 0.25) is 5.76 Å². The standard InChI is InChI=1S/C30H19BrFNO4/c31-20-8-15-25-24(16-20)28(34)26-27(33(30(35)29(26)37-25)22-11-9-21(32)10-12-22)19-6-13-23(14-7-19)36-17-18-4-2-1-3-5-18/h1-16,27H,17H2. The van der Waals surface area contributed by atoms with Crippen LogP contribution in [0.5, 0.6) is 5.75 Å². The van der Waals surface area contributed by atoms with Gasteiger partial charge in [-0.2, -0.15) is 0 Å². The van der Waals surface area contributed by atoms with Gasteiger partial charge in [-0.3, -0.25) is 14.5 Å². The van der Waals surface area contributed by atoms with Crippen molar-refractivity contribution in [2.45, 2.75) is 12.6 Å². The first kappa shape index (κ1) is 23.2. The molecule has 2 heterocycles. The van der Waals surface area contributed by atoms with Crippen molar-refractivity contribution in [3.8, 4) is 5.75 Å². The lowest BCUT2D eigenvalue weighted by atomic mass is 9.98. The molecule has 182 valence electrons. The van der Waals surface area contributed by atoms with Gasteiger partial charge in [-0.15, -0.1) is 0 Å². The van der Waals surface area contributed by atoms with E-state index in [0.717, 1.165) is 10.0 Å². The molecule has 1 aliphatic rings. The van der Waals surface area contributed by atoms with Crippen LogP contribution in [-0.2, 0) is 6.61 Å². The van der Waals surface area contributed by atoms with Gasteiger partial charge in [0.15, 0.2) is 5.43 Å². The average Bonchev–Trinajstić information content (AvgIpc) is 3.21. The second-order valence-corrected chi connectivity index (χ2v) is 9.63. The Morgan fingerprint density at radius 1 is 0.892 bits per heavy atom. The van der Waals surface area contributed by atoms with Crippen molar-refractivity contribution in [3.63, 3.8) is 0 Å². The van der Waals surface area contributed by atoms with Crippen LogP contribution in [0.15, 0.2) is 111 Å². The Morgan fingerprint density at radius 2 is 1.62 bits per heavy atom. The number of anilines is 1. The minimum Gasteiger partial charge on any atom is -0.489 e. The number of hydrogen-bond acceptors (Lipinski definition) is 4. The maximum absolute atomic E-state index is 13.7. The molecule has 1 amide bonds. The smallest absolute Gasteiger partial charge is 0.295 e. The highest BCUT2D eigenvalue weighted by Gasteiger charge is 2.43. The fourth-order valence-corrected chi connectivity index (χ4v) is 4.98. The van der Waals surface area contributed by atoms with Crippen molar-refractivity contribution >= 4 is 38.5 Å². The summed E-state index contributed by atoms with van der Waals surface area (Å²) >= 11 is 3.41. The molecule has 0 aliphatic carbocycles. The SMILES string of the molecule is O=C1c2oc3ccc(Br)cc3c(=O)c2C(c2ccc(OCc3ccccc3)cc2)N1c1ccc(F)cc1. The lowest BCUT2D eigenvalue weighted by Gasteiger charge is -2.25. The predicted octanol–water partition coefficient (Wildman–Crippen LogP) is 7.02. The molecule has 0 radical (unpaired) electrons. The van der Waals surface area contributed by atoms with Crippen molar-refractivity contribution in [1.82, 2.24) is 0 Å². The molecule has 0 N–H and O–H groups in total. The van der Waals surface area contributed by atoms with Gasteiger partial charge in [0.25, 0.3) is 5.91 Å². The summed E-state index contributed by atoms with van der Waals surface area (Å²) in [6.45, 7) is 0.414. The van der Waals surface area contributed by atoms with Crippen LogP contribution in [-0.4, -0.2) is 5.91 Å². The number of carbonyl (C=O) groups excluding carboxylic acids is 1. The molecule has 1 aromatic heterocycles. The highest BCUT2D eigenvalue weighted by Crippen LogP contribution is 2.41. The van der Waals surface area contributed by atoms with E-state index in [0.29, 0.717) is 34.6 Å². The third-order valence-corrected chi connectivity index (χ3v) is 6.87. The first-order valence-electron chi connectivity index (χ1n) is 11.6. The molecule has 5 nitrogen and oxygen atoms in total. The van der Waals surface area contributed by atoms with Crippen LogP contribution in [0.1, 0.15) is 33.3 Å². The van der Waals surface area contributed by atoms with E-state index in [1.54, 1.807) is 18.2 Å². The lowest BCUT2D eigenvalue weighted by molar-refractivity contribution is 0.0971. The van der Waals surface area contributed by atoms with Gasteiger partial charge < -0.3 is 9.15 Å². The Labute approximate surface area is 219 Å². The monoisotopic (exact) mass is 555 g/mol. The van der Waals surface area contributed by atoms with E-state index in [1.165, 1.54) is 29.2 Å². The Morgan fingerprint density at radius 3 is 2.35 bits per heavy atom. The number of nitrogens with zero attached hydrogens (tertiary/aromatic N) is 1. The third-order valence-electron chi connectivity index (χ3n) is 6.38. The second-order valence-electron chi connectivity index (χ2n) is 8.71. The largest absolute Gasteiger partial charge is 0.489 e. The second kappa shape index (κ2) is 9.33. The maximum Gasteiger partial charge on any atom is 0.295 e. The van der Waals surface area contributed by atoms with Crippen molar-refractivity contribution < 1.29 is 18.3 Å². The van der Waals surface area contributed by atoms with Crippen molar-refractivity contribution in [1.29, 1.82) is 0 Å². The lowest BCUT2D eigenvalue weighted by Crippen LogP contribution is -2.29. The van der Waals surface area contributed by atoms with Crippen LogP contribution in [0, 0.1) is 5.82 Å². The van der Waals surface area contributed by atoms with Crippen LogP contribution in [0.2, 0.25) is 0 Å². The molecule has 5 aromatic rings. The van der Waals surface area contributed by atoms with Gasteiger partial charge in [0, 0.05) is 10.2 Å². The third kappa shape index (κ3) is 4.21. The predicted molar refractivity (Wildman–Crippen MR) is 142 cm³/mol. The van der Waals surface area contributed by atoms with Crippen molar-refractivity contribution in [2.75, 3.05) is 4.90 Å². The maximum atomic E-state index is 13.7. The zero-order valence-electron chi connectivity index (χ0n) is 19.4. The molecule has 1 aliphatic heterocycles. The Kier molecular flexibility index (Phi) is 5.85. The summed E-state index contributed by atoms with van der Waals surface area (Å²) in [4.78, 5) is 28.8. The first-order valence-corrected chi connectivity index (χ1v) is 12.4. The van der Waals surface area contributed by atoms with E-state index in [1.807, 2.05) is 54.6 Å². The topological polar surface area (TPSA) is 59.8 Å². The number of hydrogen-bond donors (Lipinski definition) is 0. The fraction of sp³-hybridized carbons (Fsp3) is 0.0667. The van der Waals surface area contributed by atoms with Gasteiger partial charge in [-0.25, -0.2) is 4.39 Å². The molecule has 1 unspecified atom stereocenters. The number of fused-ring (bicyclic) bond motifs is 2. The summed E-state index contributed by atoms with van der Waals surface area (Å²) in [7, 11) is 0. The van der Waals surface area contributed by atoms with Crippen molar-refractivity contribution in [2.24, 2.45) is 0 Å². The van der Waals surface area contributed by atoms with Gasteiger partial charge in [0.05, 0.1) is 17.0 Å². The van der Waals surface area contributed by atoms with Crippen LogP contribution in [0.3, 0.4) is 0 Å². The van der Waals surface area contributed by atoms with Gasteiger partial charge in [-0.05, 0) is 65.7 Å². The van der Waals surface area contributed by atoms with E-state index in [9.17, 15) is 14.0 Å². The molecule has 0 saturated carbocycles. The molecule has 0 saturated heterocycles. The molecule has 0 bridgehead atoms. The molecular weight excluding hydrogens is 537 g/mol. The van der Waals surface area contributed by atoms with Crippen LogP contribution in [0.4, 0.5) is 10.1 Å². The molecule has 0 spiro atoms. The Bertz CT molecular complexity index is 1680. The zero-order chi connectivity index (χ0) is 25.5. The van der Waals surface area contributed by atoms with Gasteiger partial charge in [-0.1, -0.05) is 58.4 Å². The van der Waals surface area contributed by atoms with E-state index in [-0.39, 0.29) is 16.8 Å². The van der Waals surface area contributed by atoms with Gasteiger partial charge in [0.1, 0.15) is 23.8 Å². The summed E-state index contributed by atoms with van der Waals surface area (Å²) in [5.74, 6) is -0.245. The fourth-order valence-electron chi connectivity index (χ4n) is 4.62.